The first-order valence-corrected chi connectivity index (χ1v) is 57.5. The van der Waals surface area contributed by atoms with Crippen molar-refractivity contribution in [3.8, 4) is 0 Å². The lowest BCUT2D eigenvalue weighted by molar-refractivity contribution is -0.132. The van der Waals surface area contributed by atoms with Gasteiger partial charge in [0.25, 0.3) is 0 Å². The molecule has 0 aromatic rings. The van der Waals surface area contributed by atoms with E-state index in [-0.39, 0.29) is 143 Å². The van der Waals surface area contributed by atoms with Crippen LogP contribution >= 0.6 is 0 Å². The average molecular weight is 2140 g/mol. The van der Waals surface area contributed by atoms with Gasteiger partial charge in [0.05, 0.1) is 64.1 Å². The van der Waals surface area contributed by atoms with Crippen LogP contribution in [0.3, 0.4) is 0 Å². The Labute approximate surface area is 914 Å². The summed E-state index contributed by atoms with van der Waals surface area (Å²) < 4.78 is 29.6. The number of amides is 5. The zero-order valence-electron chi connectivity index (χ0n) is 107. The van der Waals surface area contributed by atoms with Gasteiger partial charge in [-0.2, -0.15) is 0 Å². The van der Waals surface area contributed by atoms with Gasteiger partial charge < -0.3 is 74.2 Å². The highest BCUT2D eigenvalue weighted by Gasteiger charge is 2.25. The van der Waals surface area contributed by atoms with E-state index in [0.717, 1.165) is 44.9 Å². The monoisotopic (exact) mass is 2140 g/mol. The molecule has 30 heteroatoms. The van der Waals surface area contributed by atoms with E-state index in [0.29, 0.717) is 207 Å². The quantitative estimate of drug-likeness (QED) is 0.0353. The molecule has 5 N–H and O–H groups in total. The van der Waals surface area contributed by atoms with Gasteiger partial charge in [-0.05, 0) is 86.5 Å². The Bertz CT molecular complexity index is 2750. The number of hydrogen-bond acceptors (Lipinski definition) is 25. The van der Waals surface area contributed by atoms with Crippen LogP contribution in [-0.4, -0.2) is 224 Å². The number of ether oxygens (including phenoxy) is 6. The molecule has 4 unspecified atom stereocenters. The number of carbonyl (C=O) groups is 19. The molecule has 148 heavy (non-hydrogen) atoms. The fourth-order valence-electron chi connectivity index (χ4n) is 9.07. The zero-order chi connectivity index (χ0) is 122. The third-order valence-electron chi connectivity index (χ3n) is 16.3. The number of ketones is 14. The molecule has 0 bridgehead atoms. The molecule has 5 amide bonds. The van der Waals surface area contributed by atoms with Gasteiger partial charge >= 0.3 is 0 Å². The van der Waals surface area contributed by atoms with E-state index in [1.165, 1.54) is 41.7 Å². The highest BCUT2D eigenvalue weighted by Crippen LogP contribution is 2.14. The highest BCUT2D eigenvalue weighted by atomic mass is 16.5. The fraction of sp³-hybridized carbons (Fsp3) is 0.839. The van der Waals surface area contributed by atoms with Gasteiger partial charge in [0.1, 0.15) is 75.4 Å². The summed E-state index contributed by atoms with van der Waals surface area (Å²) in [5.74, 6) is -0.670. The molecule has 0 heterocycles. The molecule has 0 aliphatic carbocycles. The zero-order valence-corrected chi connectivity index (χ0v) is 107. The molecular formula is C118H251N5O25. The van der Waals surface area contributed by atoms with E-state index < -0.39 is 17.9 Å². The number of hydrogen-bond donors (Lipinski definition) is 5. The van der Waals surface area contributed by atoms with Crippen molar-refractivity contribution >= 4 is 111 Å². The molecule has 0 radical (unpaired) electrons. The molecule has 30 nitrogen and oxygen atoms in total. The van der Waals surface area contributed by atoms with Gasteiger partial charge in [-0.15, -0.1) is 0 Å². The van der Waals surface area contributed by atoms with Crippen molar-refractivity contribution < 1.29 is 120 Å². The molecule has 0 spiro atoms. The average Bonchev–Trinajstić information content (AvgIpc) is 0.915. The minimum atomic E-state index is -0.649. The maximum atomic E-state index is 11.8. The molecule has 0 aromatic carbocycles. The first-order chi connectivity index (χ1) is 70.9. The number of rotatable bonds is 64. The first kappa shape index (κ1) is 201. The Morgan fingerprint density at radius 1 is 0.216 bits per heavy atom. The van der Waals surface area contributed by atoms with E-state index >= 15 is 0 Å². The maximum Gasteiger partial charge on any atom is 0.224 e. The van der Waals surface area contributed by atoms with Crippen LogP contribution < -0.4 is 26.6 Å². The van der Waals surface area contributed by atoms with E-state index in [4.69, 9.17) is 28.4 Å². The van der Waals surface area contributed by atoms with Crippen LogP contribution in [0.1, 0.15) is 538 Å². The van der Waals surface area contributed by atoms with Gasteiger partial charge in [0, 0.05) is 202 Å². The Balaban J connectivity index is -0.0000000521. The van der Waals surface area contributed by atoms with Crippen molar-refractivity contribution in [2.75, 3.05) is 101 Å². The minimum absolute atomic E-state index is 0.00172. The predicted octanol–water partition coefficient (Wildman–Crippen LogP) is 27.2. The molecule has 0 aliphatic heterocycles. The Kier molecular flexibility index (Phi) is 273. The van der Waals surface area contributed by atoms with Gasteiger partial charge in [-0.3, -0.25) is 71.9 Å². The first-order valence-electron chi connectivity index (χ1n) is 57.5. The minimum Gasteiger partial charge on any atom is -0.385 e. The molecule has 898 valence electrons. The number of nitrogens with one attached hydrogen (secondary N) is 5. The molecule has 0 saturated heterocycles. The third kappa shape index (κ3) is 218. The summed E-state index contributed by atoms with van der Waals surface area (Å²) in [5, 5.41) is 13.1. The Hall–Kier alpha value is -7.51. The smallest absolute Gasteiger partial charge is 0.224 e. The third-order valence-corrected chi connectivity index (χ3v) is 16.3. The lowest BCUT2D eigenvalue weighted by Gasteiger charge is -2.16. The van der Waals surface area contributed by atoms with Crippen LogP contribution in [0.25, 0.3) is 0 Å². The summed E-state index contributed by atoms with van der Waals surface area (Å²) in [5.41, 5.74) is 0. The Morgan fingerprint density at radius 3 is 0.757 bits per heavy atom. The van der Waals surface area contributed by atoms with Crippen molar-refractivity contribution in [1.82, 2.24) is 26.6 Å². The molecule has 4 atom stereocenters. The predicted molar refractivity (Wildman–Crippen MR) is 629 cm³/mol. The Morgan fingerprint density at radius 2 is 0.493 bits per heavy atom. The van der Waals surface area contributed by atoms with Gasteiger partial charge in [0.15, 0.2) is 11.6 Å². The van der Waals surface area contributed by atoms with E-state index in [9.17, 15) is 91.1 Å². The summed E-state index contributed by atoms with van der Waals surface area (Å²) in [6, 6.07) is -0.992. The number of Topliss-reactive ketones (excluding diaryl/α,β-unsaturated/α-hetero) is 14. The maximum absolute atomic E-state index is 11.8. The van der Waals surface area contributed by atoms with E-state index in [2.05, 4.69) is 40.4 Å². The second-order valence-electron chi connectivity index (χ2n) is 27.4. The number of methoxy groups -OCH3 is 4. The van der Waals surface area contributed by atoms with Gasteiger partial charge in [-0.25, -0.2) is 0 Å². The SMILES string of the molecule is CC.CC.CC.CC.CC.CC.CC.CC.CC.CC.CC.CC.CC.CC.CC.CC.CCC(=O)CC(CC(C)=O)C(=O)NCCOC.CCC(=O)CCCC(C)=O.CCC(=O)CCOCCC(=O)CCCC(C)=O.CCC(=O)NC(CNC(=O)CCCOC)C(C)=O.CCC(NC(=O)CCOC)C(C)=O.CCCC(=O)CC(CC(C)=O)C(=O)NCCOC.CCCCC(=O)CC.CCCCC(=O)CCOCCC(=O)CC. The summed E-state index contributed by atoms with van der Waals surface area (Å²) in [4.78, 5) is 211. The van der Waals surface area contributed by atoms with Crippen molar-refractivity contribution in [3.63, 3.8) is 0 Å². The number of unbranched alkanes of at least 4 members (excludes halogenated alkanes) is 2. The molecule has 0 saturated carbocycles. The molecule has 0 aromatic heterocycles. The van der Waals surface area contributed by atoms with Crippen molar-refractivity contribution in [1.29, 1.82) is 0 Å². The lowest BCUT2D eigenvalue weighted by Crippen LogP contribution is -2.47. The van der Waals surface area contributed by atoms with Crippen LogP contribution in [0.4, 0.5) is 0 Å². The van der Waals surface area contributed by atoms with Crippen molar-refractivity contribution in [2.45, 2.75) is 550 Å². The van der Waals surface area contributed by atoms with Crippen LogP contribution in [0, 0.1) is 11.8 Å². The fourth-order valence-corrected chi connectivity index (χ4v) is 9.07. The lowest BCUT2D eigenvalue weighted by atomic mass is 9.94. The molecule has 0 aliphatic rings. The molecular weight excluding hydrogens is 1890 g/mol. The largest absolute Gasteiger partial charge is 0.385 e. The van der Waals surface area contributed by atoms with Gasteiger partial charge in [-0.1, -0.05) is 304 Å². The molecule has 0 rings (SSSR count). The van der Waals surface area contributed by atoms with E-state index in [1.807, 2.05) is 263 Å². The van der Waals surface area contributed by atoms with Crippen LogP contribution in [0.15, 0.2) is 0 Å². The summed E-state index contributed by atoms with van der Waals surface area (Å²) in [6.07, 6.45) is 17.5. The van der Waals surface area contributed by atoms with Crippen LogP contribution in [0.2, 0.25) is 0 Å². The normalized spacial score (nSPS) is 9.32. The topological polar surface area (TPSA) is 440 Å². The van der Waals surface area contributed by atoms with Crippen LogP contribution in [0.5, 0.6) is 0 Å². The highest BCUT2D eigenvalue weighted by molar-refractivity contribution is 5.92. The summed E-state index contributed by atoms with van der Waals surface area (Å²) in [7, 11) is 6.20. The standard InChI is InChI=1S/C13H23NO4.C13H22O4.C12H22N2O4.C12H21NO4.C12H22O3.C9H17NO3.C8H14O2.C7H14O.16C2H6/c1-4-5-12(16)9-11(8-10(2)15)13(17)14-6-7-18-3;1-3-12(15)7-9-17-10-8-13(16)6-4-5-11(2)14;1-4-11(16)14-10(9(2)15)8-13-12(17)6-5-7-18-3;1-4-11(15)8-10(7-9(2)14)12(16)13-5-6-17-3;1-3-5-6-12(14)8-10-15-9-7-11(13)4-2;1-4-8(7(2)11)10-9(12)5-6-13-3;1-3-8(10)6-4-5-7(2)9;1-3-5-6-7(8)4-2;16*1-2/h11H,4-9H2,1-3H3,(H,14,17);3-10H2,1-2H3;10H,4-8H2,1-3H3,(H,13,17)(H,14,16);10H,4-8H2,1-3H3,(H,13,16);3-10H2,1-2H3;8H,4-6H2,1-3H3,(H,10,12);3-6H2,1-2H3;3-6H2,1-2H3;16*1-2H3. The van der Waals surface area contributed by atoms with Crippen LogP contribution in [-0.2, 0) is 120 Å². The van der Waals surface area contributed by atoms with Crippen molar-refractivity contribution in [3.05, 3.63) is 0 Å². The summed E-state index contributed by atoms with van der Waals surface area (Å²) >= 11 is 0. The second kappa shape index (κ2) is 201. The van der Waals surface area contributed by atoms with Gasteiger partial charge in [0.2, 0.25) is 29.5 Å². The second-order valence-corrected chi connectivity index (χ2v) is 27.4. The summed E-state index contributed by atoms with van der Waals surface area (Å²) in [6.45, 7) is 96.0. The number of carbonyl (C=O) groups excluding carboxylic acids is 19. The van der Waals surface area contributed by atoms with Crippen molar-refractivity contribution in [2.24, 2.45) is 11.8 Å². The molecule has 0 fully saturated rings. The van der Waals surface area contributed by atoms with E-state index in [1.54, 1.807) is 42.1 Å².